The van der Waals surface area contributed by atoms with Gasteiger partial charge in [0.2, 0.25) is 5.91 Å². The molecule has 6 heteroatoms. The Morgan fingerprint density at radius 1 is 1.28 bits per heavy atom. The van der Waals surface area contributed by atoms with Crippen LogP contribution in [0.25, 0.3) is 16.3 Å². The number of allylic oxidation sites excluding steroid dienone is 1. The number of aromatic nitrogens is 1. The molecule has 0 saturated carbocycles. The van der Waals surface area contributed by atoms with Crippen molar-refractivity contribution < 1.29 is 4.79 Å². The molecule has 6 nitrogen and oxygen atoms in total. The lowest BCUT2D eigenvalue weighted by atomic mass is 10.0. The van der Waals surface area contributed by atoms with Crippen LogP contribution >= 0.6 is 0 Å². The second kappa shape index (κ2) is 8.94. The first-order chi connectivity index (χ1) is 12.1. The van der Waals surface area contributed by atoms with E-state index in [-0.39, 0.29) is 5.91 Å². The number of carbonyl (C=O) groups excluding carboxylic acids is 1. The maximum absolute atomic E-state index is 12.1. The number of likely N-dealkylation sites (N-methyl/N-ethyl adjacent to an activating group) is 1. The molecule has 2 aromatic rings. The Hall–Kier alpha value is -2.73. The minimum absolute atomic E-state index is 0.0626. The van der Waals surface area contributed by atoms with Crippen LogP contribution in [0.3, 0.4) is 0 Å². The van der Waals surface area contributed by atoms with Crippen LogP contribution in [-0.4, -0.2) is 48.7 Å². The Kier molecular flexibility index (Phi) is 6.65. The molecule has 0 aliphatic heterocycles. The predicted molar refractivity (Wildman–Crippen MR) is 105 cm³/mol. The molecule has 0 atom stereocenters. The highest BCUT2D eigenvalue weighted by atomic mass is 16.2. The average molecular weight is 339 g/mol. The topological polar surface area (TPSA) is 83.6 Å². The van der Waals surface area contributed by atoms with E-state index in [0.717, 1.165) is 35.0 Å². The number of anilines is 1. The van der Waals surface area contributed by atoms with Gasteiger partial charge < -0.3 is 11.1 Å². The number of hydrogen-bond acceptors (Lipinski definition) is 5. The molecule has 0 unspecified atom stereocenters. The molecule has 1 heterocycles. The van der Waals surface area contributed by atoms with Gasteiger partial charge in [0, 0.05) is 36.6 Å². The predicted octanol–water partition coefficient (Wildman–Crippen LogP) is 2.52. The van der Waals surface area contributed by atoms with E-state index in [0.29, 0.717) is 12.4 Å². The fourth-order valence-corrected chi connectivity index (χ4v) is 2.57. The number of rotatable bonds is 7. The summed E-state index contributed by atoms with van der Waals surface area (Å²) in [5.74, 6) is 0.483. The molecule has 2 rings (SSSR count). The molecule has 1 aromatic carbocycles. The van der Waals surface area contributed by atoms with E-state index in [2.05, 4.69) is 20.2 Å². The largest absolute Gasteiger partial charge is 0.404 e. The van der Waals surface area contributed by atoms with Crippen molar-refractivity contribution in [1.29, 1.82) is 0 Å². The van der Waals surface area contributed by atoms with Gasteiger partial charge in [-0.2, -0.15) is 0 Å². The number of nitrogens with two attached hydrogens (primary N) is 1. The monoisotopic (exact) mass is 339 g/mol. The van der Waals surface area contributed by atoms with Gasteiger partial charge in [0.1, 0.15) is 5.82 Å². The lowest BCUT2D eigenvalue weighted by molar-refractivity contribution is -0.117. The minimum Gasteiger partial charge on any atom is -0.404 e. The number of benzene rings is 1. The van der Waals surface area contributed by atoms with Crippen molar-refractivity contribution in [2.75, 3.05) is 32.0 Å². The Labute approximate surface area is 148 Å². The number of nitrogens with one attached hydrogen (secondary N) is 1. The van der Waals surface area contributed by atoms with Crippen LogP contribution < -0.4 is 11.1 Å². The van der Waals surface area contributed by atoms with Crippen molar-refractivity contribution in [2.45, 2.75) is 13.8 Å². The van der Waals surface area contributed by atoms with E-state index in [1.165, 1.54) is 6.20 Å². The van der Waals surface area contributed by atoms with Gasteiger partial charge in [-0.1, -0.05) is 26.0 Å². The van der Waals surface area contributed by atoms with E-state index >= 15 is 0 Å². The molecule has 3 N–H and O–H groups in total. The van der Waals surface area contributed by atoms with Crippen LogP contribution in [0.4, 0.5) is 5.82 Å². The van der Waals surface area contributed by atoms with Crippen molar-refractivity contribution in [3.63, 3.8) is 0 Å². The van der Waals surface area contributed by atoms with Crippen LogP contribution in [0.2, 0.25) is 0 Å². The fourth-order valence-electron chi connectivity index (χ4n) is 2.57. The zero-order chi connectivity index (χ0) is 18.2. The van der Waals surface area contributed by atoms with Crippen molar-refractivity contribution in [2.24, 2.45) is 10.7 Å². The van der Waals surface area contributed by atoms with E-state index in [1.54, 1.807) is 19.5 Å². The third-order valence-electron chi connectivity index (χ3n) is 4.03. The molecular weight excluding hydrogens is 314 g/mol. The summed E-state index contributed by atoms with van der Waals surface area (Å²) < 4.78 is 0. The zero-order valence-electron chi connectivity index (χ0n) is 15.0. The molecule has 25 heavy (non-hydrogen) atoms. The Balaban J connectivity index is 2.24. The van der Waals surface area contributed by atoms with Gasteiger partial charge in [-0.15, -0.1) is 0 Å². The van der Waals surface area contributed by atoms with Crippen molar-refractivity contribution in [1.82, 2.24) is 9.88 Å². The van der Waals surface area contributed by atoms with Crippen molar-refractivity contribution in [3.8, 4) is 0 Å². The zero-order valence-corrected chi connectivity index (χ0v) is 15.0. The Morgan fingerprint density at radius 2 is 2.04 bits per heavy atom. The van der Waals surface area contributed by atoms with E-state index in [1.807, 2.05) is 38.1 Å². The first kappa shape index (κ1) is 18.6. The average Bonchev–Trinajstić information content (AvgIpc) is 2.63. The Morgan fingerprint density at radius 3 is 2.68 bits per heavy atom. The van der Waals surface area contributed by atoms with Gasteiger partial charge in [-0.25, -0.2) is 4.98 Å². The summed E-state index contributed by atoms with van der Waals surface area (Å²) in [4.78, 5) is 22.5. The summed E-state index contributed by atoms with van der Waals surface area (Å²) in [6.07, 6.45) is 5.00. The maximum Gasteiger partial charge on any atom is 0.239 e. The number of pyridine rings is 1. The summed E-state index contributed by atoms with van der Waals surface area (Å²) in [6.45, 7) is 6.11. The van der Waals surface area contributed by atoms with E-state index in [4.69, 9.17) is 5.73 Å². The Bertz CT molecular complexity index is 794. The number of fused-ring (bicyclic) bond motifs is 1. The second-order valence-corrected chi connectivity index (χ2v) is 5.65. The molecule has 0 spiro atoms. The number of aliphatic imine (C=N–C) groups is 1. The first-order valence-electron chi connectivity index (χ1n) is 8.37. The second-order valence-electron chi connectivity index (χ2n) is 5.65. The maximum atomic E-state index is 12.1. The number of nitrogens with zero attached hydrogens (tertiary/aromatic N) is 3. The van der Waals surface area contributed by atoms with E-state index < -0.39 is 0 Å². The number of hydrogen-bond donors (Lipinski definition) is 2. The van der Waals surface area contributed by atoms with Gasteiger partial charge in [0.15, 0.2) is 0 Å². The van der Waals surface area contributed by atoms with Crippen LogP contribution in [0.15, 0.2) is 41.7 Å². The summed E-state index contributed by atoms with van der Waals surface area (Å²) in [5.41, 5.74) is 7.48. The molecule has 0 saturated heterocycles. The first-order valence-corrected chi connectivity index (χ1v) is 8.37. The summed E-state index contributed by atoms with van der Waals surface area (Å²) in [6, 6.07) is 7.84. The van der Waals surface area contributed by atoms with Crippen molar-refractivity contribution in [3.05, 3.63) is 42.2 Å². The standard InChI is InChI=1S/C19H25N5O/c1-4-24(5-2)13-19(25)23-18-9-16-8-14(17(10-20)11-21-3)6-7-15(16)12-22-18/h6-12H,4-5,13,20H2,1-3H3,(H,22,23,25). The van der Waals surface area contributed by atoms with Crippen LogP contribution in [-0.2, 0) is 4.79 Å². The number of carbonyl (C=O) groups is 1. The van der Waals surface area contributed by atoms with E-state index in [9.17, 15) is 4.79 Å². The molecular formula is C19H25N5O. The van der Waals surface area contributed by atoms with Crippen LogP contribution in [0.1, 0.15) is 19.4 Å². The van der Waals surface area contributed by atoms with Gasteiger partial charge in [0.05, 0.1) is 6.54 Å². The molecule has 1 aromatic heterocycles. The van der Waals surface area contributed by atoms with Crippen LogP contribution in [0.5, 0.6) is 0 Å². The third-order valence-corrected chi connectivity index (χ3v) is 4.03. The van der Waals surface area contributed by atoms with Crippen LogP contribution in [0, 0.1) is 0 Å². The third kappa shape index (κ3) is 4.87. The summed E-state index contributed by atoms with van der Waals surface area (Å²) >= 11 is 0. The summed E-state index contributed by atoms with van der Waals surface area (Å²) in [5, 5.41) is 4.84. The molecule has 1 amide bonds. The van der Waals surface area contributed by atoms with Gasteiger partial charge in [0.25, 0.3) is 0 Å². The smallest absolute Gasteiger partial charge is 0.239 e. The van der Waals surface area contributed by atoms with Crippen molar-refractivity contribution >= 4 is 34.3 Å². The molecule has 0 bridgehead atoms. The minimum atomic E-state index is -0.0626. The number of amides is 1. The molecule has 0 aliphatic carbocycles. The highest BCUT2D eigenvalue weighted by Gasteiger charge is 2.09. The lowest BCUT2D eigenvalue weighted by Gasteiger charge is -2.17. The molecule has 132 valence electrons. The van der Waals surface area contributed by atoms with Gasteiger partial charge >= 0.3 is 0 Å². The normalized spacial score (nSPS) is 12.2. The SMILES string of the molecule is CCN(CC)CC(=O)Nc1cc2cc(C(C=NC)=CN)ccc2cn1. The lowest BCUT2D eigenvalue weighted by Crippen LogP contribution is -2.33. The summed E-state index contributed by atoms with van der Waals surface area (Å²) in [7, 11) is 1.71. The van der Waals surface area contributed by atoms with Gasteiger partial charge in [-0.3, -0.25) is 14.7 Å². The quantitative estimate of drug-likeness (QED) is 0.759. The fraction of sp³-hybridized carbons (Fsp3) is 0.316. The molecule has 0 aliphatic rings. The molecule has 0 radical (unpaired) electrons. The van der Waals surface area contributed by atoms with Gasteiger partial charge in [-0.05, 0) is 36.2 Å². The highest BCUT2D eigenvalue weighted by Crippen LogP contribution is 2.22. The highest BCUT2D eigenvalue weighted by molar-refractivity contribution is 6.10. The molecule has 0 fully saturated rings.